The van der Waals surface area contributed by atoms with Crippen LogP contribution < -0.4 is 5.73 Å². The molecule has 3 nitrogen and oxygen atoms in total. The number of rotatable bonds is 3. The maximum Gasteiger partial charge on any atom is 0.133 e. The van der Waals surface area contributed by atoms with Crippen LogP contribution in [0.4, 0.5) is 4.39 Å². The van der Waals surface area contributed by atoms with E-state index in [0.29, 0.717) is 16.3 Å². The zero-order chi connectivity index (χ0) is 11.5. The van der Waals surface area contributed by atoms with E-state index in [1.54, 1.807) is 23.6 Å². The number of aliphatic hydroxyl groups excluding tert-OH is 1. The molecule has 0 aliphatic carbocycles. The minimum Gasteiger partial charge on any atom is -0.394 e. The number of hydrogen-bond acceptors (Lipinski definition) is 4. The fourth-order valence-electron chi connectivity index (χ4n) is 1.31. The number of nitrogens with zero attached hydrogens (tertiary/aromatic N) is 1. The Morgan fingerprint density at radius 3 is 2.88 bits per heavy atom. The van der Waals surface area contributed by atoms with E-state index in [2.05, 4.69) is 4.98 Å². The lowest BCUT2D eigenvalue weighted by atomic mass is 10.2. The number of benzene rings is 1. The maximum absolute atomic E-state index is 13.5. The van der Waals surface area contributed by atoms with Crippen molar-refractivity contribution in [1.29, 1.82) is 0 Å². The van der Waals surface area contributed by atoms with Crippen LogP contribution in [0, 0.1) is 5.82 Å². The number of aliphatic hydroxyl groups is 1. The Hall–Kier alpha value is -1.30. The van der Waals surface area contributed by atoms with Crippen molar-refractivity contribution >= 4 is 11.3 Å². The van der Waals surface area contributed by atoms with Gasteiger partial charge in [-0.15, -0.1) is 11.3 Å². The van der Waals surface area contributed by atoms with Crippen LogP contribution in [0.3, 0.4) is 0 Å². The first kappa shape index (κ1) is 11.2. The topological polar surface area (TPSA) is 59.1 Å². The first-order chi connectivity index (χ1) is 7.72. The monoisotopic (exact) mass is 238 g/mol. The summed E-state index contributed by atoms with van der Waals surface area (Å²) in [6.07, 6.45) is 0. The summed E-state index contributed by atoms with van der Waals surface area (Å²) in [5, 5.41) is 11.2. The molecule has 0 aliphatic heterocycles. The molecule has 3 N–H and O–H groups in total. The second kappa shape index (κ2) is 4.69. The van der Waals surface area contributed by atoms with Crippen molar-refractivity contribution < 1.29 is 9.50 Å². The predicted octanol–water partition coefficient (Wildman–Crippen LogP) is 1.94. The standard InChI is InChI=1S/C11H11FN2OS/c12-8-4-2-1-3-7(8)11-14-10(6-16-11)9(13)5-15/h1-4,6,9,15H,5,13H2. The van der Waals surface area contributed by atoms with Gasteiger partial charge in [-0.1, -0.05) is 12.1 Å². The molecule has 0 aliphatic rings. The SMILES string of the molecule is NC(CO)c1csc(-c2ccccc2F)n1. The smallest absolute Gasteiger partial charge is 0.133 e. The van der Waals surface area contributed by atoms with Gasteiger partial charge in [0.1, 0.15) is 10.8 Å². The second-order valence-corrected chi connectivity index (χ2v) is 4.20. The van der Waals surface area contributed by atoms with Gasteiger partial charge in [-0.2, -0.15) is 0 Å². The Labute approximate surface area is 96.4 Å². The average molecular weight is 238 g/mol. The van der Waals surface area contributed by atoms with Crippen LogP contribution in [-0.2, 0) is 0 Å². The molecular formula is C11H11FN2OS. The molecule has 0 fully saturated rings. The van der Waals surface area contributed by atoms with Crippen LogP contribution in [0.25, 0.3) is 10.6 Å². The molecule has 16 heavy (non-hydrogen) atoms. The van der Waals surface area contributed by atoms with Crippen molar-refractivity contribution in [2.45, 2.75) is 6.04 Å². The Morgan fingerprint density at radius 1 is 1.44 bits per heavy atom. The van der Waals surface area contributed by atoms with Gasteiger partial charge in [0.25, 0.3) is 0 Å². The van der Waals surface area contributed by atoms with Crippen molar-refractivity contribution in [2.75, 3.05) is 6.61 Å². The third-order valence-electron chi connectivity index (χ3n) is 2.20. The first-order valence-corrected chi connectivity index (χ1v) is 5.67. The van der Waals surface area contributed by atoms with Crippen molar-refractivity contribution in [1.82, 2.24) is 4.98 Å². The van der Waals surface area contributed by atoms with Gasteiger partial charge in [-0.05, 0) is 12.1 Å². The first-order valence-electron chi connectivity index (χ1n) is 4.79. The lowest BCUT2D eigenvalue weighted by Gasteiger charge is -2.02. The van der Waals surface area contributed by atoms with Crippen LogP contribution in [-0.4, -0.2) is 16.7 Å². The third kappa shape index (κ3) is 2.11. The normalized spacial score (nSPS) is 12.7. The Balaban J connectivity index is 2.35. The number of nitrogens with two attached hydrogens (primary N) is 1. The van der Waals surface area contributed by atoms with Gasteiger partial charge in [0.05, 0.1) is 18.3 Å². The predicted molar refractivity (Wildman–Crippen MR) is 61.5 cm³/mol. The summed E-state index contributed by atoms with van der Waals surface area (Å²) in [6.45, 7) is -0.166. The van der Waals surface area contributed by atoms with Crippen LogP contribution in [0.1, 0.15) is 11.7 Å². The van der Waals surface area contributed by atoms with E-state index in [1.807, 2.05) is 0 Å². The molecule has 84 valence electrons. The average Bonchev–Trinajstić information content (AvgIpc) is 2.78. The number of aromatic nitrogens is 1. The van der Waals surface area contributed by atoms with Gasteiger partial charge >= 0.3 is 0 Å². The zero-order valence-corrected chi connectivity index (χ0v) is 9.25. The molecule has 1 aromatic heterocycles. The van der Waals surface area contributed by atoms with Crippen molar-refractivity contribution in [3.8, 4) is 10.6 Å². The summed E-state index contributed by atoms with van der Waals surface area (Å²) in [7, 11) is 0. The highest BCUT2D eigenvalue weighted by Crippen LogP contribution is 2.27. The highest BCUT2D eigenvalue weighted by atomic mass is 32.1. The molecule has 1 heterocycles. The fourth-order valence-corrected chi connectivity index (χ4v) is 2.22. The van der Waals surface area contributed by atoms with Gasteiger partial charge < -0.3 is 10.8 Å². The van der Waals surface area contributed by atoms with Crippen LogP contribution >= 0.6 is 11.3 Å². The minimum atomic E-state index is -0.503. The minimum absolute atomic E-state index is 0.166. The van der Waals surface area contributed by atoms with Gasteiger partial charge in [0, 0.05) is 10.9 Å². The van der Waals surface area contributed by atoms with Crippen molar-refractivity contribution in [2.24, 2.45) is 5.73 Å². The highest BCUT2D eigenvalue weighted by Gasteiger charge is 2.12. The summed E-state index contributed by atoms with van der Waals surface area (Å²) in [4.78, 5) is 4.21. The fraction of sp³-hybridized carbons (Fsp3) is 0.182. The van der Waals surface area contributed by atoms with E-state index < -0.39 is 6.04 Å². The van der Waals surface area contributed by atoms with Crippen LogP contribution in [0.5, 0.6) is 0 Å². The van der Waals surface area contributed by atoms with E-state index in [4.69, 9.17) is 10.8 Å². The quantitative estimate of drug-likeness (QED) is 0.859. The molecule has 5 heteroatoms. The van der Waals surface area contributed by atoms with Gasteiger partial charge in [0.15, 0.2) is 0 Å². The molecule has 0 spiro atoms. The molecular weight excluding hydrogens is 227 g/mol. The largest absolute Gasteiger partial charge is 0.394 e. The zero-order valence-electron chi connectivity index (χ0n) is 8.43. The Bertz CT molecular complexity index is 486. The molecule has 2 rings (SSSR count). The van der Waals surface area contributed by atoms with E-state index >= 15 is 0 Å². The maximum atomic E-state index is 13.5. The molecule has 2 aromatic rings. The van der Waals surface area contributed by atoms with Crippen molar-refractivity contribution in [3.63, 3.8) is 0 Å². The molecule has 0 bridgehead atoms. The number of halogens is 1. The molecule has 1 atom stereocenters. The summed E-state index contributed by atoms with van der Waals surface area (Å²) < 4.78 is 13.5. The van der Waals surface area contributed by atoms with E-state index in [1.165, 1.54) is 17.4 Å². The Morgan fingerprint density at radius 2 is 2.19 bits per heavy atom. The van der Waals surface area contributed by atoms with E-state index in [0.717, 1.165) is 0 Å². The highest BCUT2D eigenvalue weighted by molar-refractivity contribution is 7.13. The molecule has 0 amide bonds. The van der Waals surface area contributed by atoms with E-state index in [9.17, 15) is 4.39 Å². The summed E-state index contributed by atoms with van der Waals surface area (Å²) in [5.74, 6) is -0.305. The summed E-state index contributed by atoms with van der Waals surface area (Å²) >= 11 is 1.32. The van der Waals surface area contributed by atoms with Gasteiger partial charge in [0.2, 0.25) is 0 Å². The summed E-state index contributed by atoms with van der Waals surface area (Å²) in [6, 6.07) is 5.94. The third-order valence-corrected chi connectivity index (χ3v) is 3.10. The van der Waals surface area contributed by atoms with Gasteiger partial charge in [-0.3, -0.25) is 0 Å². The van der Waals surface area contributed by atoms with Gasteiger partial charge in [-0.25, -0.2) is 9.37 Å². The van der Waals surface area contributed by atoms with Crippen molar-refractivity contribution in [3.05, 3.63) is 41.2 Å². The van der Waals surface area contributed by atoms with E-state index in [-0.39, 0.29) is 12.4 Å². The molecule has 0 saturated heterocycles. The molecule has 1 unspecified atom stereocenters. The number of hydrogen-bond donors (Lipinski definition) is 2. The second-order valence-electron chi connectivity index (χ2n) is 3.35. The molecule has 0 saturated carbocycles. The molecule has 1 aromatic carbocycles. The van der Waals surface area contributed by atoms with Crippen LogP contribution in [0.15, 0.2) is 29.6 Å². The Kier molecular flexibility index (Phi) is 3.28. The lowest BCUT2D eigenvalue weighted by molar-refractivity contribution is 0.266. The number of thiazole rings is 1. The summed E-state index contributed by atoms with van der Waals surface area (Å²) in [5.41, 5.74) is 6.67. The lowest BCUT2D eigenvalue weighted by Crippen LogP contribution is -2.14. The van der Waals surface area contributed by atoms with Crippen LogP contribution in [0.2, 0.25) is 0 Å². The molecule has 0 radical (unpaired) electrons.